The molecule has 0 aromatic heterocycles. The summed E-state index contributed by atoms with van der Waals surface area (Å²) in [6.45, 7) is 0.466. The molecule has 6 nitrogen and oxygen atoms in total. The van der Waals surface area contributed by atoms with Crippen molar-refractivity contribution in [1.29, 1.82) is 0 Å². The molecule has 6 heteroatoms. The van der Waals surface area contributed by atoms with E-state index in [-0.39, 0.29) is 11.5 Å². The van der Waals surface area contributed by atoms with E-state index in [1.165, 1.54) is 0 Å². The quantitative estimate of drug-likeness (QED) is 0.721. The largest absolute Gasteiger partial charge is 0.493 e. The van der Waals surface area contributed by atoms with E-state index < -0.39 is 5.97 Å². The molecule has 138 valence electrons. The van der Waals surface area contributed by atoms with Crippen LogP contribution < -0.4 is 14.8 Å². The van der Waals surface area contributed by atoms with Gasteiger partial charge in [-0.1, -0.05) is 18.2 Å². The molecule has 2 aromatic rings. The van der Waals surface area contributed by atoms with Crippen LogP contribution in [0.5, 0.6) is 11.5 Å². The topological polar surface area (TPSA) is 84.9 Å². The Hall–Kier alpha value is -3.02. The Bertz CT molecular complexity index is 773. The minimum absolute atomic E-state index is 0.0471. The van der Waals surface area contributed by atoms with Gasteiger partial charge in [-0.25, -0.2) is 4.79 Å². The Morgan fingerprint density at radius 2 is 1.69 bits per heavy atom. The molecular formula is C20H23NO5. The van der Waals surface area contributed by atoms with Crippen LogP contribution >= 0.6 is 0 Å². The van der Waals surface area contributed by atoms with Crippen LogP contribution in [0.2, 0.25) is 0 Å². The number of carboxylic acid groups (broad SMARTS) is 1. The van der Waals surface area contributed by atoms with E-state index in [2.05, 4.69) is 5.32 Å². The monoisotopic (exact) mass is 357 g/mol. The summed E-state index contributed by atoms with van der Waals surface area (Å²) in [5, 5.41) is 11.8. The molecule has 0 heterocycles. The molecule has 0 fully saturated rings. The molecule has 2 N–H and O–H groups in total. The molecule has 0 aliphatic heterocycles. The van der Waals surface area contributed by atoms with Crippen LogP contribution in [0.15, 0.2) is 42.5 Å². The van der Waals surface area contributed by atoms with Crippen molar-refractivity contribution in [3.8, 4) is 11.5 Å². The fraction of sp³-hybridized carbons (Fsp3) is 0.300. The van der Waals surface area contributed by atoms with Gasteiger partial charge in [0.15, 0.2) is 11.5 Å². The van der Waals surface area contributed by atoms with Crippen LogP contribution in [0.25, 0.3) is 0 Å². The number of aryl methyl sites for hydroxylation is 1. The molecule has 0 aliphatic rings. The van der Waals surface area contributed by atoms with Crippen molar-refractivity contribution < 1.29 is 24.2 Å². The average molecular weight is 357 g/mol. The van der Waals surface area contributed by atoms with Crippen LogP contribution in [0.1, 0.15) is 27.9 Å². The van der Waals surface area contributed by atoms with E-state index in [1.807, 2.05) is 24.3 Å². The molecule has 0 atom stereocenters. The zero-order valence-electron chi connectivity index (χ0n) is 15.0. The van der Waals surface area contributed by atoms with E-state index in [0.29, 0.717) is 37.3 Å². The standard InChI is InChI=1S/C20H23NO5/c1-25-17-8-6-15(13-18(17)26-2)7-9-19(22)21-11-10-14-4-3-5-16(12-14)20(23)24/h3-6,8,12-13H,7,9-11H2,1-2H3,(H,21,22)(H,23,24). The van der Waals surface area contributed by atoms with Crippen molar-refractivity contribution in [3.05, 3.63) is 59.2 Å². The molecule has 0 saturated carbocycles. The third kappa shape index (κ3) is 5.51. The van der Waals surface area contributed by atoms with Gasteiger partial charge < -0.3 is 19.9 Å². The van der Waals surface area contributed by atoms with E-state index in [1.54, 1.807) is 32.4 Å². The van der Waals surface area contributed by atoms with Gasteiger partial charge in [0.2, 0.25) is 5.91 Å². The van der Waals surface area contributed by atoms with Crippen LogP contribution in [0.3, 0.4) is 0 Å². The van der Waals surface area contributed by atoms with Gasteiger partial charge in [-0.15, -0.1) is 0 Å². The molecule has 0 unspecified atom stereocenters. The lowest BCUT2D eigenvalue weighted by Gasteiger charge is -2.10. The number of methoxy groups -OCH3 is 2. The van der Waals surface area contributed by atoms with Crippen LogP contribution in [0, 0.1) is 0 Å². The molecule has 0 saturated heterocycles. The normalized spacial score (nSPS) is 10.2. The van der Waals surface area contributed by atoms with Crippen LogP contribution in [-0.2, 0) is 17.6 Å². The van der Waals surface area contributed by atoms with Crippen molar-refractivity contribution in [2.75, 3.05) is 20.8 Å². The fourth-order valence-electron chi connectivity index (χ4n) is 2.59. The molecular weight excluding hydrogens is 334 g/mol. The van der Waals surface area contributed by atoms with Crippen LogP contribution in [-0.4, -0.2) is 37.7 Å². The number of ether oxygens (including phenoxy) is 2. The van der Waals surface area contributed by atoms with Gasteiger partial charge in [0, 0.05) is 13.0 Å². The zero-order valence-corrected chi connectivity index (χ0v) is 15.0. The number of carbonyl (C=O) groups is 2. The number of aromatic carboxylic acids is 1. The number of rotatable bonds is 9. The lowest BCUT2D eigenvalue weighted by Crippen LogP contribution is -2.25. The maximum absolute atomic E-state index is 12.0. The number of benzene rings is 2. The smallest absolute Gasteiger partial charge is 0.335 e. The number of amides is 1. The van der Waals surface area contributed by atoms with Crippen LogP contribution in [0.4, 0.5) is 0 Å². The van der Waals surface area contributed by atoms with Gasteiger partial charge in [0.25, 0.3) is 0 Å². The maximum Gasteiger partial charge on any atom is 0.335 e. The average Bonchev–Trinajstić information content (AvgIpc) is 2.66. The summed E-state index contributed by atoms with van der Waals surface area (Å²) < 4.78 is 10.5. The van der Waals surface area contributed by atoms with Gasteiger partial charge >= 0.3 is 5.97 Å². The van der Waals surface area contributed by atoms with Gasteiger partial charge in [-0.2, -0.15) is 0 Å². The first kappa shape index (κ1) is 19.3. The Balaban J connectivity index is 1.79. The highest BCUT2D eigenvalue weighted by atomic mass is 16.5. The summed E-state index contributed by atoms with van der Waals surface area (Å²) in [6.07, 6.45) is 1.55. The first-order chi connectivity index (χ1) is 12.5. The number of carboxylic acids is 1. The Morgan fingerprint density at radius 3 is 2.38 bits per heavy atom. The number of nitrogens with one attached hydrogen (secondary N) is 1. The minimum atomic E-state index is -0.953. The predicted octanol–water partition coefficient (Wildman–Crippen LogP) is 2.69. The highest BCUT2D eigenvalue weighted by Crippen LogP contribution is 2.27. The van der Waals surface area contributed by atoms with Crippen molar-refractivity contribution >= 4 is 11.9 Å². The molecule has 0 spiro atoms. The molecule has 2 aromatic carbocycles. The maximum atomic E-state index is 12.0. The first-order valence-electron chi connectivity index (χ1n) is 8.33. The highest BCUT2D eigenvalue weighted by Gasteiger charge is 2.07. The molecule has 0 radical (unpaired) electrons. The van der Waals surface area contributed by atoms with Gasteiger partial charge in [-0.3, -0.25) is 4.79 Å². The predicted molar refractivity (Wildman–Crippen MR) is 98.0 cm³/mol. The van der Waals surface area contributed by atoms with Gasteiger partial charge in [0.05, 0.1) is 19.8 Å². The molecule has 0 aliphatic carbocycles. The summed E-state index contributed by atoms with van der Waals surface area (Å²) in [5.41, 5.74) is 2.12. The van der Waals surface area contributed by atoms with Crippen molar-refractivity contribution in [1.82, 2.24) is 5.32 Å². The Labute approximate surface area is 152 Å². The van der Waals surface area contributed by atoms with Crippen molar-refractivity contribution in [2.24, 2.45) is 0 Å². The van der Waals surface area contributed by atoms with E-state index in [9.17, 15) is 9.59 Å². The zero-order chi connectivity index (χ0) is 18.9. The van der Waals surface area contributed by atoms with E-state index >= 15 is 0 Å². The highest BCUT2D eigenvalue weighted by molar-refractivity contribution is 5.87. The van der Waals surface area contributed by atoms with E-state index in [0.717, 1.165) is 11.1 Å². The SMILES string of the molecule is COc1ccc(CCC(=O)NCCc2cccc(C(=O)O)c2)cc1OC. The second kappa shape index (κ2) is 9.46. The number of hydrogen-bond donors (Lipinski definition) is 2. The van der Waals surface area contributed by atoms with Gasteiger partial charge in [0.1, 0.15) is 0 Å². The summed E-state index contributed by atoms with van der Waals surface area (Å²) in [6, 6.07) is 12.3. The Morgan fingerprint density at radius 1 is 0.962 bits per heavy atom. The molecule has 1 amide bonds. The molecule has 26 heavy (non-hydrogen) atoms. The van der Waals surface area contributed by atoms with E-state index in [4.69, 9.17) is 14.6 Å². The van der Waals surface area contributed by atoms with Crippen molar-refractivity contribution in [3.63, 3.8) is 0 Å². The third-order valence-corrected chi connectivity index (χ3v) is 4.00. The number of carbonyl (C=O) groups excluding carboxylic acids is 1. The van der Waals surface area contributed by atoms with Gasteiger partial charge in [-0.05, 0) is 48.2 Å². The lowest BCUT2D eigenvalue weighted by molar-refractivity contribution is -0.121. The molecule has 2 rings (SSSR count). The summed E-state index contributed by atoms with van der Waals surface area (Å²) in [4.78, 5) is 23.0. The second-order valence-electron chi connectivity index (χ2n) is 5.79. The summed E-state index contributed by atoms with van der Waals surface area (Å²) in [5.74, 6) is 0.299. The summed E-state index contributed by atoms with van der Waals surface area (Å²) >= 11 is 0. The minimum Gasteiger partial charge on any atom is -0.493 e. The summed E-state index contributed by atoms with van der Waals surface area (Å²) in [7, 11) is 3.16. The lowest BCUT2D eigenvalue weighted by atomic mass is 10.1. The molecule has 0 bridgehead atoms. The van der Waals surface area contributed by atoms with Crippen molar-refractivity contribution in [2.45, 2.75) is 19.3 Å². The fourth-order valence-corrected chi connectivity index (χ4v) is 2.59. The first-order valence-corrected chi connectivity index (χ1v) is 8.33. The second-order valence-corrected chi connectivity index (χ2v) is 5.79. The third-order valence-electron chi connectivity index (χ3n) is 4.00. The number of hydrogen-bond acceptors (Lipinski definition) is 4. The Kier molecular flexibility index (Phi) is 7.02.